The Morgan fingerprint density at radius 2 is 1.79 bits per heavy atom. The van der Waals surface area contributed by atoms with Crippen LogP contribution in [0.5, 0.6) is 11.5 Å². The van der Waals surface area contributed by atoms with Crippen molar-refractivity contribution in [2.24, 2.45) is 0 Å². The number of nitrogens with zero attached hydrogens (tertiary/aromatic N) is 2. The van der Waals surface area contributed by atoms with Crippen molar-refractivity contribution in [2.75, 3.05) is 33.3 Å². The molecule has 7 rings (SSSR count). The van der Waals surface area contributed by atoms with E-state index in [0.29, 0.717) is 39.1 Å². The largest absolute Gasteiger partial charge is 0.496 e. The average molecular weight is 647 g/mol. The van der Waals surface area contributed by atoms with Gasteiger partial charge in [0.15, 0.2) is 17.4 Å². The van der Waals surface area contributed by atoms with E-state index in [-0.39, 0.29) is 24.0 Å². The first-order valence-electron chi connectivity index (χ1n) is 16.5. The van der Waals surface area contributed by atoms with Crippen molar-refractivity contribution >= 4 is 11.5 Å². The Morgan fingerprint density at radius 3 is 2.55 bits per heavy atom. The van der Waals surface area contributed by atoms with Gasteiger partial charge in [0.2, 0.25) is 5.82 Å². The van der Waals surface area contributed by atoms with Crippen LogP contribution in [0.2, 0.25) is 0 Å². The van der Waals surface area contributed by atoms with Gasteiger partial charge in [0.25, 0.3) is 5.91 Å². The van der Waals surface area contributed by atoms with Gasteiger partial charge in [0.05, 0.1) is 13.2 Å². The first kappa shape index (κ1) is 31.7. The van der Waals surface area contributed by atoms with Crippen LogP contribution < -0.4 is 20.1 Å². The van der Waals surface area contributed by atoms with Crippen molar-refractivity contribution in [2.45, 2.75) is 69.9 Å². The lowest BCUT2D eigenvalue weighted by atomic mass is 9.83. The summed E-state index contributed by atoms with van der Waals surface area (Å²) in [6, 6.07) is 16.5. The molecule has 4 aliphatic rings. The highest BCUT2D eigenvalue weighted by molar-refractivity contribution is 6.03. The third kappa shape index (κ3) is 6.64. The van der Waals surface area contributed by atoms with Crippen molar-refractivity contribution in [3.05, 3.63) is 99.9 Å². The monoisotopic (exact) mass is 646 g/mol. The highest BCUT2D eigenvalue weighted by Gasteiger charge is 2.41. The summed E-state index contributed by atoms with van der Waals surface area (Å²) < 4.78 is 53.0. The van der Waals surface area contributed by atoms with E-state index in [1.165, 1.54) is 0 Å². The fourth-order valence-corrected chi connectivity index (χ4v) is 7.27. The first-order chi connectivity index (χ1) is 22.8. The second-order valence-electron chi connectivity index (χ2n) is 13.2. The summed E-state index contributed by atoms with van der Waals surface area (Å²) in [5, 5.41) is 7.23. The molecule has 1 aliphatic carbocycles. The number of nitrogens with one attached hydrogen (secondary N) is 2. The molecule has 2 N–H and O–H groups in total. The van der Waals surface area contributed by atoms with Crippen molar-refractivity contribution in [1.82, 2.24) is 20.4 Å². The number of halogens is 3. The number of hydrogen-bond acceptors (Lipinski definition) is 6. The van der Waals surface area contributed by atoms with Crippen LogP contribution in [0.25, 0.3) is 5.57 Å². The molecular formula is C37H41F3N4O3. The van der Waals surface area contributed by atoms with E-state index in [1.807, 2.05) is 19.1 Å². The van der Waals surface area contributed by atoms with Crippen LogP contribution in [0.4, 0.5) is 13.2 Å². The van der Waals surface area contributed by atoms with Crippen LogP contribution in [0.15, 0.2) is 60.2 Å². The molecule has 3 aliphatic heterocycles. The molecule has 0 unspecified atom stereocenters. The van der Waals surface area contributed by atoms with Crippen LogP contribution in [-0.2, 0) is 17.9 Å². The summed E-state index contributed by atoms with van der Waals surface area (Å²) in [7, 11) is 1.68. The Balaban J connectivity index is 1.09. The highest BCUT2D eigenvalue weighted by atomic mass is 19.2. The Hall–Kier alpha value is -3.86. The summed E-state index contributed by atoms with van der Waals surface area (Å²) in [6.07, 6.45) is 2.94. The van der Waals surface area contributed by atoms with E-state index in [1.54, 1.807) is 7.11 Å². The van der Waals surface area contributed by atoms with Gasteiger partial charge in [0.1, 0.15) is 11.9 Å². The number of carbonyl (C=O) groups excluding carboxylic acids is 1. The molecule has 0 spiro atoms. The van der Waals surface area contributed by atoms with E-state index in [2.05, 4.69) is 50.8 Å². The van der Waals surface area contributed by atoms with Gasteiger partial charge in [-0.05, 0) is 78.6 Å². The number of likely N-dealkylation sites (tertiary alicyclic amines) is 1. The quantitative estimate of drug-likeness (QED) is 0.290. The topological polar surface area (TPSA) is 66.1 Å². The molecule has 3 aromatic rings. The minimum atomic E-state index is -1.29. The minimum absolute atomic E-state index is 0.0633. The molecule has 10 heteroatoms. The molecule has 2 bridgehead atoms. The fraction of sp³-hybridized carbons (Fsp3) is 0.432. The summed E-state index contributed by atoms with van der Waals surface area (Å²) >= 11 is 0. The van der Waals surface area contributed by atoms with Gasteiger partial charge in [-0.15, -0.1) is 0 Å². The normalized spacial score (nSPS) is 22.8. The molecule has 248 valence electrons. The first-order valence-corrected chi connectivity index (χ1v) is 16.5. The molecule has 3 fully saturated rings. The predicted molar refractivity (Wildman–Crippen MR) is 173 cm³/mol. The van der Waals surface area contributed by atoms with Crippen molar-refractivity contribution in [3.8, 4) is 11.5 Å². The van der Waals surface area contributed by atoms with Crippen LogP contribution >= 0.6 is 0 Å². The maximum Gasteiger partial charge on any atom is 0.252 e. The smallest absolute Gasteiger partial charge is 0.252 e. The number of benzene rings is 3. The van der Waals surface area contributed by atoms with Crippen molar-refractivity contribution in [1.29, 1.82) is 0 Å². The maximum absolute atomic E-state index is 14.5. The second-order valence-corrected chi connectivity index (χ2v) is 13.2. The number of hydrogen-bond donors (Lipinski definition) is 2. The van der Waals surface area contributed by atoms with Crippen LogP contribution in [0, 0.1) is 24.4 Å². The maximum atomic E-state index is 14.5. The van der Waals surface area contributed by atoms with E-state index >= 15 is 0 Å². The lowest BCUT2D eigenvalue weighted by Crippen LogP contribution is -2.60. The lowest BCUT2D eigenvalue weighted by Gasteiger charge is -2.41. The summed E-state index contributed by atoms with van der Waals surface area (Å²) in [5.41, 5.74) is 6.27. The molecule has 3 atom stereocenters. The van der Waals surface area contributed by atoms with Gasteiger partial charge >= 0.3 is 0 Å². The number of piperazine rings is 1. The lowest BCUT2D eigenvalue weighted by molar-refractivity contribution is -0.128. The summed E-state index contributed by atoms with van der Waals surface area (Å²) in [5.74, 6) is -3.05. The molecule has 3 aromatic carbocycles. The Bertz CT molecular complexity index is 1680. The third-order valence-corrected chi connectivity index (χ3v) is 9.96. The van der Waals surface area contributed by atoms with Crippen molar-refractivity contribution < 1.29 is 27.4 Å². The van der Waals surface area contributed by atoms with Gasteiger partial charge in [-0.2, -0.15) is 4.39 Å². The van der Waals surface area contributed by atoms with Gasteiger partial charge in [-0.25, -0.2) is 8.78 Å². The number of rotatable bonds is 10. The van der Waals surface area contributed by atoms with Gasteiger partial charge in [0, 0.05) is 56.9 Å². The molecule has 47 heavy (non-hydrogen) atoms. The fourth-order valence-electron chi connectivity index (χ4n) is 7.27. The molecule has 0 aromatic heterocycles. The summed E-state index contributed by atoms with van der Waals surface area (Å²) in [4.78, 5) is 18.8. The number of carbonyl (C=O) groups is 1. The minimum Gasteiger partial charge on any atom is -0.496 e. The molecule has 1 saturated carbocycles. The van der Waals surface area contributed by atoms with Crippen LogP contribution in [-0.4, -0.2) is 73.2 Å². The molecule has 2 saturated heterocycles. The average Bonchev–Trinajstić information content (AvgIpc) is 3.83. The SMILES string of the molecule is COc1cccc(CN(C(=O)C2=C(c3ccc(CN4CC[C@H](Oc5c(F)ccc(F)c5F)C4)cc3)C[C@@H]3CNC[C@H]2N3)C2CC2)c1C. The number of ether oxygens (including phenoxy) is 2. The van der Waals surface area contributed by atoms with Gasteiger partial charge < -0.3 is 25.0 Å². The molecule has 0 radical (unpaired) electrons. The Labute approximate surface area is 273 Å². The highest BCUT2D eigenvalue weighted by Crippen LogP contribution is 2.37. The van der Waals surface area contributed by atoms with E-state index in [9.17, 15) is 18.0 Å². The Morgan fingerprint density at radius 1 is 1.00 bits per heavy atom. The number of amides is 1. The zero-order chi connectivity index (χ0) is 32.7. The number of fused-ring (bicyclic) bond motifs is 2. The van der Waals surface area contributed by atoms with Crippen LogP contribution in [0.3, 0.4) is 0 Å². The van der Waals surface area contributed by atoms with E-state index in [0.717, 1.165) is 77.1 Å². The molecule has 1 amide bonds. The van der Waals surface area contributed by atoms with Crippen molar-refractivity contribution in [3.63, 3.8) is 0 Å². The molecule has 7 nitrogen and oxygen atoms in total. The Kier molecular flexibility index (Phi) is 9.00. The second kappa shape index (κ2) is 13.3. The number of methoxy groups -OCH3 is 1. The van der Waals surface area contributed by atoms with Gasteiger partial charge in [-0.1, -0.05) is 36.4 Å². The zero-order valence-corrected chi connectivity index (χ0v) is 26.8. The molecular weight excluding hydrogens is 605 g/mol. The molecule has 3 heterocycles. The summed E-state index contributed by atoms with van der Waals surface area (Å²) in [6.45, 7) is 5.98. The van der Waals surface area contributed by atoms with E-state index in [4.69, 9.17) is 9.47 Å². The van der Waals surface area contributed by atoms with Crippen LogP contribution in [0.1, 0.15) is 47.9 Å². The predicted octanol–water partition coefficient (Wildman–Crippen LogP) is 5.35. The zero-order valence-electron chi connectivity index (χ0n) is 26.8. The van der Waals surface area contributed by atoms with Gasteiger partial charge in [-0.3, -0.25) is 9.69 Å². The standard InChI is InChI=1S/C37H41F3N4O3/c1-22-25(4-3-5-33(22)46-2)20-44(27-10-11-27)37(45)34-29(16-26-17-41-18-32(34)42-26)24-8-6-23(7-9-24)19-43-15-14-28(21-43)47-36-31(39)13-12-30(38)35(36)40/h3-9,12-13,26-28,32,41-42H,10-11,14-21H2,1-2H3/t26-,28+,32-/m1/s1. The van der Waals surface area contributed by atoms with E-state index < -0.39 is 29.3 Å². The third-order valence-electron chi connectivity index (χ3n) is 9.96.